The minimum atomic E-state index is -0.360. The number of aliphatic hydroxyl groups is 1. The van der Waals surface area contributed by atoms with Gasteiger partial charge in [0.25, 0.3) is 0 Å². The number of ether oxygens (including phenoxy) is 1. The van der Waals surface area contributed by atoms with E-state index in [1.54, 1.807) is 0 Å². The van der Waals surface area contributed by atoms with Crippen molar-refractivity contribution >= 4 is 0 Å². The van der Waals surface area contributed by atoms with Crippen molar-refractivity contribution in [3.8, 4) is 5.75 Å². The summed E-state index contributed by atoms with van der Waals surface area (Å²) >= 11 is 0. The molecule has 1 N–H and O–H groups in total. The number of aliphatic hydroxyl groups excluding tert-OH is 1. The van der Waals surface area contributed by atoms with E-state index >= 15 is 0 Å². The van der Waals surface area contributed by atoms with Crippen LogP contribution in [0.4, 0.5) is 0 Å². The first-order valence-electron chi connectivity index (χ1n) is 7.00. The predicted molar refractivity (Wildman–Crippen MR) is 74.6 cm³/mol. The Labute approximate surface area is 118 Å². The van der Waals surface area contributed by atoms with Gasteiger partial charge in [-0.05, 0) is 56.4 Å². The van der Waals surface area contributed by atoms with Gasteiger partial charge in [-0.2, -0.15) is 0 Å². The van der Waals surface area contributed by atoms with Crippen LogP contribution in [0.1, 0.15) is 47.1 Å². The Morgan fingerprint density at radius 2 is 2.25 bits per heavy atom. The average molecular weight is 273 g/mol. The third-order valence-corrected chi connectivity index (χ3v) is 3.96. The summed E-state index contributed by atoms with van der Waals surface area (Å²) in [7, 11) is 0. The van der Waals surface area contributed by atoms with Gasteiger partial charge in [0.2, 0.25) is 0 Å². The molecule has 0 saturated carbocycles. The van der Waals surface area contributed by atoms with E-state index in [0.717, 1.165) is 47.6 Å². The van der Waals surface area contributed by atoms with E-state index in [1.807, 2.05) is 26.0 Å². The summed E-state index contributed by atoms with van der Waals surface area (Å²) in [4.78, 5) is 0. The van der Waals surface area contributed by atoms with Gasteiger partial charge in [0.1, 0.15) is 18.1 Å². The molecule has 0 saturated heterocycles. The number of hydrogen-bond acceptors (Lipinski definition) is 4. The van der Waals surface area contributed by atoms with Gasteiger partial charge in [-0.15, -0.1) is 0 Å². The second-order valence-corrected chi connectivity index (χ2v) is 5.36. The van der Waals surface area contributed by atoms with Crippen molar-refractivity contribution in [1.29, 1.82) is 0 Å². The molecule has 1 atom stereocenters. The number of fused-ring (bicyclic) bond motifs is 1. The molecular formula is C16H19NO3. The van der Waals surface area contributed by atoms with Crippen molar-refractivity contribution in [3.05, 3.63) is 46.3 Å². The summed E-state index contributed by atoms with van der Waals surface area (Å²) in [6, 6.07) is 5.98. The van der Waals surface area contributed by atoms with Crippen molar-refractivity contribution < 1.29 is 14.4 Å². The van der Waals surface area contributed by atoms with Crippen LogP contribution in [0.5, 0.6) is 5.75 Å². The number of nitrogens with zero attached hydrogens (tertiary/aromatic N) is 1. The fourth-order valence-corrected chi connectivity index (χ4v) is 2.71. The minimum absolute atomic E-state index is 0.360. The van der Waals surface area contributed by atoms with Gasteiger partial charge < -0.3 is 14.4 Å². The summed E-state index contributed by atoms with van der Waals surface area (Å²) in [5.41, 5.74) is 4.09. The zero-order chi connectivity index (χ0) is 14.1. The van der Waals surface area contributed by atoms with Gasteiger partial charge in [-0.25, -0.2) is 0 Å². The second kappa shape index (κ2) is 5.29. The quantitative estimate of drug-likeness (QED) is 0.932. The first-order valence-corrected chi connectivity index (χ1v) is 7.00. The number of benzene rings is 1. The van der Waals surface area contributed by atoms with E-state index < -0.39 is 0 Å². The largest absolute Gasteiger partial charge is 0.489 e. The predicted octanol–water partition coefficient (Wildman–Crippen LogP) is 3.24. The molecule has 0 radical (unpaired) electrons. The van der Waals surface area contributed by atoms with E-state index in [0.29, 0.717) is 6.61 Å². The van der Waals surface area contributed by atoms with E-state index in [-0.39, 0.29) is 6.10 Å². The lowest BCUT2D eigenvalue weighted by Gasteiger charge is -2.22. The van der Waals surface area contributed by atoms with Gasteiger partial charge in [0.05, 0.1) is 17.4 Å². The maximum Gasteiger partial charge on any atom is 0.140 e. The highest BCUT2D eigenvalue weighted by atomic mass is 16.5. The molecule has 1 heterocycles. The fraction of sp³-hybridized carbons (Fsp3) is 0.438. The maximum atomic E-state index is 10.0. The van der Waals surface area contributed by atoms with Gasteiger partial charge in [0, 0.05) is 0 Å². The molecule has 4 heteroatoms. The zero-order valence-corrected chi connectivity index (χ0v) is 11.8. The lowest BCUT2D eigenvalue weighted by molar-refractivity contribution is 0.156. The minimum Gasteiger partial charge on any atom is -0.489 e. The smallest absolute Gasteiger partial charge is 0.140 e. The van der Waals surface area contributed by atoms with Crippen molar-refractivity contribution in [1.82, 2.24) is 5.16 Å². The number of aryl methyl sites for hydroxylation is 3. The second-order valence-electron chi connectivity index (χ2n) is 5.36. The fourth-order valence-electron chi connectivity index (χ4n) is 2.71. The number of rotatable bonds is 3. The van der Waals surface area contributed by atoms with Gasteiger partial charge in [-0.1, -0.05) is 11.2 Å². The van der Waals surface area contributed by atoms with E-state index in [4.69, 9.17) is 9.26 Å². The summed E-state index contributed by atoms with van der Waals surface area (Å²) < 4.78 is 10.9. The molecule has 1 aliphatic carbocycles. The average Bonchev–Trinajstić information content (AvgIpc) is 2.76. The summed E-state index contributed by atoms with van der Waals surface area (Å²) in [5.74, 6) is 1.57. The standard InChI is InChI=1S/C16H19NO3/c1-10-15(11(2)20-17-10)9-19-13-7-6-12-4-3-5-16(18)14(12)8-13/h6-8,16,18H,3-5,9H2,1-2H3/t16-/m1/s1. The highest BCUT2D eigenvalue weighted by Gasteiger charge is 2.18. The van der Waals surface area contributed by atoms with Gasteiger partial charge in [-0.3, -0.25) is 0 Å². The normalized spacial score (nSPS) is 17.9. The molecule has 0 unspecified atom stereocenters. The Hall–Kier alpha value is -1.81. The van der Waals surface area contributed by atoms with Crippen LogP contribution in [0.15, 0.2) is 22.7 Å². The van der Waals surface area contributed by atoms with Crippen LogP contribution < -0.4 is 4.74 Å². The Balaban J connectivity index is 1.77. The Kier molecular flexibility index (Phi) is 3.49. The molecule has 2 aromatic rings. The molecular weight excluding hydrogens is 254 g/mol. The molecule has 0 aliphatic heterocycles. The van der Waals surface area contributed by atoms with Crippen molar-refractivity contribution in [2.24, 2.45) is 0 Å². The molecule has 0 spiro atoms. The summed E-state index contributed by atoms with van der Waals surface area (Å²) in [5, 5.41) is 14.0. The number of aromatic nitrogens is 1. The first kappa shape index (κ1) is 13.2. The third-order valence-electron chi connectivity index (χ3n) is 3.96. The monoisotopic (exact) mass is 273 g/mol. The van der Waals surface area contributed by atoms with Crippen molar-refractivity contribution in [2.45, 2.75) is 45.8 Å². The molecule has 1 aliphatic rings. The molecule has 1 aromatic carbocycles. The Morgan fingerprint density at radius 3 is 3.00 bits per heavy atom. The first-order chi connectivity index (χ1) is 9.65. The van der Waals surface area contributed by atoms with E-state index in [2.05, 4.69) is 11.2 Å². The third kappa shape index (κ3) is 2.43. The van der Waals surface area contributed by atoms with Crippen LogP contribution >= 0.6 is 0 Å². The molecule has 0 bridgehead atoms. The van der Waals surface area contributed by atoms with Crippen LogP contribution in [-0.4, -0.2) is 10.3 Å². The molecule has 1 aromatic heterocycles. The SMILES string of the molecule is Cc1noc(C)c1COc1ccc2c(c1)[C@H](O)CCC2. The molecule has 0 fully saturated rings. The van der Waals surface area contributed by atoms with Crippen LogP contribution in [0.25, 0.3) is 0 Å². The van der Waals surface area contributed by atoms with Crippen LogP contribution in [0.2, 0.25) is 0 Å². The highest BCUT2D eigenvalue weighted by molar-refractivity contribution is 5.38. The zero-order valence-electron chi connectivity index (χ0n) is 11.8. The van der Waals surface area contributed by atoms with Gasteiger partial charge >= 0.3 is 0 Å². The Morgan fingerprint density at radius 1 is 1.40 bits per heavy atom. The molecule has 0 amide bonds. The van der Waals surface area contributed by atoms with Gasteiger partial charge in [0.15, 0.2) is 0 Å². The van der Waals surface area contributed by atoms with Crippen LogP contribution in [0.3, 0.4) is 0 Å². The van der Waals surface area contributed by atoms with Crippen LogP contribution in [-0.2, 0) is 13.0 Å². The molecule has 3 rings (SSSR count). The van der Waals surface area contributed by atoms with Crippen molar-refractivity contribution in [2.75, 3.05) is 0 Å². The molecule has 106 valence electrons. The van der Waals surface area contributed by atoms with Crippen molar-refractivity contribution in [3.63, 3.8) is 0 Å². The van der Waals surface area contributed by atoms with E-state index in [9.17, 15) is 5.11 Å². The lowest BCUT2D eigenvalue weighted by atomic mass is 9.89. The molecule has 20 heavy (non-hydrogen) atoms. The maximum absolute atomic E-state index is 10.0. The van der Waals surface area contributed by atoms with Crippen LogP contribution in [0, 0.1) is 13.8 Å². The Bertz CT molecular complexity index is 599. The topological polar surface area (TPSA) is 55.5 Å². The van der Waals surface area contributed by atoms with E-state index in [1.165, 1.54) is 5.56 Å². The molecule has 4 nitrogen and oxygen atoms in total. The number of hydrogen-bond donors (Lipinski definition) is 1. The lowest BCUT2D eigenvalue weighted by Crippen LogP contribution is -2.09. The highest BCUT2D eigenvalue weighted by Crippen LogP contribution is 2.32. The summed E-state index contributed by atoms with van der Waals surface area (Å²) in [6.45, 7) is 4.23. The summed E-state index contributed by atoms with van der Waals surface area (Å²) in [6.07, 6.45) is 2.56.